The molecule has 1 saturated heterocycles. The Balaban J connectivity index is 2.03. The predicted octanol–water partition coefficient (Wildman–Crippen LogP) is 1.17. The highest BCUT2D eigenvalue weighted by atomic mass is 32.2. The highest BCUT2D eigenvalue weighted by molar-refractivity contribution is 8.14. The van der Waals surface area contributed by atoms with E-state index in [0.29, 0.717) is 11.4 Å². The number of carbonyl (C=O) groups excluding carboxylic acids is 2. The lowest BCUT2D eigenvalue weighted by atomic mass is 10.2. The number of anilines is 2. The SMILES string of the molecule is Nc1cc(NC(=O)C2CSC(=O)N2)ccc1F. The molecule has 1 atom stereocenters. The molecule has 1 aromatic rings. The molecule has 17 heavy (non-hydrogen) atoms. The lowest BCUT2D eigenvalue weighted by Gasteiger charge is -2.10. The van der Waals surface area contributed by atoms with Crippen LogP contribution in [0.2, 0.25) is 0 Å². The molecule has 90 valence electrons. The van der Waals surface area contributed by atoms with E-state index in [9.17, 15) is 14.0 Å². The summed E-state index contributed by atoms with van der Waals surface area (Å²) in [5.41, 5.74) is 5.74. The molecular weight excluding hydrogens is 245 g/mol. The number of rotatable bonds is 2. The summed E-state index contributed by atoms with van der Waals surface area (Å²) >= 11 is 1.05. The fraction of sp³-hybridized carbons (Fsp3) is 0.200. The van der Waals surface area contributed by atoms with Gasteiger partial charge in [-0.2, -0.15) is 0 Å². The van der Waals surface area contributed by atoms with Crippen molar-refractivity contribution >= 4 is 34.3 Å². The van der Waals surface area contributed by atoms with Crippen LogP contribution >= 0.6 is 11.8 Å². The molecule has 5 nitrogen and oxygen atoms in total. The monoisotopic (exact) mass is 255 g/mol. The van der Waals surface area contributed by atoms with E-state index in [4.69, 9.17) is 5.73 Å². The fourth-order valence-electron chi connectivity index (χ4n) is 1.38. The maximum absolute atomic E-state index is 12.9. The molecule has 4 N–H and O–H groups in total. The molecule has 1 aliphatic rings. The number of hydrogen-bond donors (Lipinski definition) is 3. The van der Waals surface area contributed by atoms with Gasteiger partial charge in [-0.3, -0.25) is 9.59 Å². The summed E-state index contributed by atoms with van der Waals surface area (Å²) in [4.78, 5) is 22.6. The standard InChI is InChI=1S/C10H10FN3O2S/c11-6-2-1-5(3-7(6)12)13-9(15)8-4-17-10(16)14-8/h1-3,8H,4,12H2,(H,13,15)(H,14,16). The van der Waals surface area contributed by atoms with Crippen molar-refractivity contribution in [2.75, 3.05) is 16.8 Å². The molecule has 0 aliphatic carbocycles. The first-order valence-electron chi connectivity index (χ1n) is 4.85. The highest BCUT2D eigenvalue weighted by Crippen LogP contribution is 2.18. The van der Waals surface area contributed by atoms with Crippen LogP contribution in [0.1, 0.15) is 0 Å². The van der Waals surface area contributed by atoms with Crippen LogP contribution < -0.4 is 16.4 Å². The van der Waals surface area contributed by atoms with Gasteiger partial charge in [0.25, 0.3) is 5.24 Å². The van der Waals surface area contributed by atoms with Gasteiger partial charge < -0.3 is 16.4 Å². The van der Waals surface area contributed by atoms with Gasteiger partial charge in [0.15, 0.2) is 0 Å². The molecule has 2 amide bonds. The smallest absolute Gasteiger partial charge is 0.279 e. The predicted molar refractivity (Wildman–Crippen MR) is 64.2 cm³/mol. The lowest BCUT2D eigenvalue weighted by Crippen LogP contribution is -2.38. The zero-order valence-corrected chi connectivity index (χ0v) is 9.51. The van der Waals surface area contributed by atoms with Gasteiger partial charge >= 0.3 is 0 Å². The summed E-state index contributed by atoms with van der Waals surface area (Å²) in [5.74, 6) is -0.483. The minimum Gasteiger partial charge on any atom is -0.396 e. The Hall–Kier alpha value is -1.76. The van der Waals surface area contributed by atoms with Crippen LogP contribution in [0.5, 0.6) is 0 Å². The maximum atomic E-state index is 12.9. The second kappa shape index (κ2) is 4.62. The highest BCUT2D eigenvalue weighted by Gasteiger charge is 2.27. The van der Waals surface area contributed by atoms with Gasteiger partial charge in [0.1, 0.15) is 11.9 Å². The van der Waals surface area contributed by atoms with E-state index < -0.39 is 11.9 Å². The third kappa shape index (κ3) is 2.68. The van der Waals surface area contributed by atoms with E-state index in [1.54, 1.807) is 0 Å². The molecule has 0 radical (unpaired) electrons. The van der Waals surface area contributed by atoms with E-state index in [-0.39, 0.29) is 16.8 Å². The number of thioether (sulfide) groups is 1. The number of hydrogen-bond acceptors (Lipinski definition) is 4. The average Bonchev–Trinajstić information content (AvgIpc) is 2.70. The van der Waals surface area contributed by atoms with Crippen LogP contribution in [0.4, 0.5) is 20.6 Å². The van der Waals surface area contributed by atoms with Crippen molar-refractivity contribution < 1.29 is 14.0 Å². The fourth-order valence-corrected chi connectivity index (χ4v) is 2.16. The van der Waals surface area contributed by atoms with Crippen molar-refractivity contribution in [1.29, 1.82) is 0 Å². The third-order valence-corrected chi connectivity index (χ3v) is 3.13. The molecule has 1 fully saturated rings. The van der Waals surface area contributed by atoms with Gasteiger partial charge in [-0.25, -0.2) is 4.39 Å². The Morgan fingerprint density at radius 1 is 1.59 bits per heavy atom. The quantitative estimate of drug-likeness (QED) is 0.693. The summed E-state index contributed by atoms with van der Waals surface area (Å²) in [6.45, 7) is 0. The molecule has 1 aromatic carbocycles. The Labute approximate surface area is 101 Å². The Morgan fingerprint density at radius 2 is 2.35 bits per heavy atom. The molecule has 1 aliphatic heterocycles. The molecule has 7 heteroatoms. The Kier molecular flexibility index (Phi) is 3.19. The van der Waals surface area contributed by atoms with Crippen LogP contribution in [0.15, 0.2) is 18.2 Å². The van der Waals surface area contributed by atoms with Crippen molar-refractivity contribution in [3.05, 3.63) is 24.0 Å². The minimum absolute atomic E-state index is 0.0346. The summed E-state index contributed by atoms with van der Waals surface area (Å²) in [7, 11) is 0. The second-order valence-corrected chi connectivity index (χ2v) is 4.51. The maximum Gasteiger partial charge on any atom is 0.279 e. The first-order valence-corrected chi connectivity index (χ1v) is 5.84. The third-order valence-electron chi connectivity index (χ3n) is 2.25. The molecule has 0 saturated carbocycles. The van der Waals surface area contributed by atoms with E-state index >= 15 is 0 Å². The average molecular weight is 255 g/mol. The second-order valence-electron chi connectivity index (χ2n) is 3.52. The number of nitrogen functional groups attached to an aromatic ring is 1. The zero-order chi connectivity index (χ0) is 12.4. The number of nitrogens with two attached hydrogens (primary N) is 1. The lowest BCUT2D eigenvalue weighted by molar-refractivity contribution is -0.117. The number of amides is 2. The molecule has 2 rings (SSSR count). The van der Waals surface area contributed by atoms with Gasteiger partial charge in [0, 0.05) is 11.4 Å². The Morgan fingerprint density at radius 3 is 2.94 bits per heavy atom. The summed E-state index contributed by atoms with van der Waals surface area (Å²) in [5, 5.41) is 4.85. The molecule has 1 unspecified atom stereocenters. The largest absolute Gasteiger partial charge is 0.396 e. The van der Waals surface area contributed by atoms with Crippen molar-refractivity contribution in [2.45, 2.75) is 6.04 Å². The summed E-state index contributed by atoms with van der Waals surface area (Å²) in [6, 6.07) is 3.36. The van der Waals surface area contributed by atoms with Crippen molar-refractivity contribution in [1.82, 2.24) is 5.32 Å². The number of nitrogens with one attached hydrogen (secondary N) is 2. The van der Waals surface area contributed by atoms with Crippen LogP contribution in [0.3, 0.4) is 0 Å². The van der Waals surface area contributed by atoms with Gasteiger partial charge in [0.05, 0.1) is 5.69 Å². The van der Waals surface area contributed by atoms with Crippen LogP contribution in [-0.2, 0) is 4.79 Å². The van der Waals surface area contributed by atoms with Crippen molar-refractivity contribution in [3.8, 4) is 0 Å². The van der Waals surface area contributed by atoms with Crippen LogP contribution in [0, 0.1) is 5.82 Å². The first-order chi connectivity index (χ1) is 8.06. The summed E-state index contributed by atoms with van der Waals surface area (Å²) < 4.78 is 12.9. The minimum atomic E-state index is -0.557. The van der Waals surface area contributed by atoms with Crippen molar-refractivity contribution in [2.24, 2.45) is 0 Å². The van der Waals surface area contributed by atoms with Gasteiger partial charge in [-0.15, -0.1) is 0 Å². The molecule has 0 spiro atoms. The van der Waals surface area contributed by atoms with Gasteiger partial charge in [-0.05, 0) is 18.2 Å². The van der Waals surface area contributed by atoms with Gasteiger partial charge in [0.2, 0.25) is 5.91 Å². The number of benzene rings is 1. The van der Waals surface area contributed by atoms with Gasteiger partial charge in [-0.1, -0.05) is 11.8 Å². The van der Waals surface area contributed by atoms with E-state index in [1.165, 1.54) is 18.2 Å². The number of carbonyl (C=O) groups is 2. The zero-order valence-electron chi connectivity index (χ0n) is 8.70. The van der Waals surface area contributed by atoms with E-state index in [2.05, 4.69) is 10.6 Å². The van der Waals surface area contributed by atoms with Crippen LogP contribution in [-0.4, -0.2) is 22.9 Å². The summed E-state index contributed by atoms with van der Waals surface area (Å²) in [6.07, 6.45) is 0. The van der Waals surface area contributed by atoms with E-state index in [0.717, 1.165) is 11.8 Å². The normalized spacial score (nSPS) is 18.9. The molecular formula is C10H10FN3O2S. The number of halogens is 1. The Bertz CT molecular complexity index is 481. The van der Waals surface area contributed by atoms with Crippen molar-refractivity contribution in [3.63, 3.8) is 0 Å². The van der Waals surface area contributed by atoms with E-state index in [1.807, 2.05) is 0 Å². The molecule has 1 heterocycles. The molecule has 0 bridgehead atoms. The molecule has 0 aromatic heterocycles. The first kappa shape index (κ1) is 11.7. The topological polar surface area (TPSA) is 84.2 Å². The van der Waals surface area contributed by atoms with Crippen LogP contribution in [0.25, 0.3) is 0 Å².